The average Bonchev–Trinajstić information content (AvgIpc) is 2.29. The molecule has 2 heteroatoms. The molecule has 0 amide bonds. The first-order chi connectivity index (χ1) is 7.72. The summed E-state index contributed by atoms with van der Waals surface area (Å²) in [6, 6.07) is 4.21. The highest BCUT2D eigenvalue weighted by Gasteiger charge is 2.18. The number of hydrogen-bond donors (Lipinski definition) is 0. The minimum Gasteiger partial charge on any atom is -0.493 e. The van der Waals surface area contributed by atoms with Gasteiger partial charge in [0.15, 0.2) is 11.5 Å². The summed E-state index contributed by atoms with van der Waals surface area (Å²) in [7, 11) is 1.71. The van der Waals surface area contributed by atoms with Crippen molar-refractivity contribution in [1.82, 2.24) is 0 Å². The Morgan fingerprint density at radius 2 is 1.88 bits per heavy atom. The Labute approximate surface area is 97.6 Å². The minimum atomic E-state index is 0.197. The van der Waals surface area contributed by atoms with Gasteiger partial charge in [-0.3, -0.25) is 0 Å². The second-order valence-electron chi connectivity index (χ2n) is 4.61. The van der Waals surface area contributed by atoms with Crippen LogP contribution < -0.4 is 9.47 Å². The number of ether oxygens (including phenoxy) is 2. The van der Waals surface area contributed by atoms with Gasteiger partial charge in [0.25, 0.3) is 0 Å². The molecule has 0 atom stereocenters. The van der Waals surface area contributed by atoms with Crippen LogP contribution in [-0.2, 0) is 12.8 Å². The van der Waals surface area contributed by atoms with Gasteiger partial charge in [-0.2, -0.15) is 0 Å². The number of aryl methyl sites for hydroxylation is 1. The Kier molecular flexibility index (Phi) is 3.37. The fourth-order valence-corrected chi connectivity index (χ4v) is 2.30. The molecule has 0 aliphatic heterocycles. The first kappa shape index (κ1) is 11.3. The molecule has 2 rings (SSSR count). The number of methoxy groups -OCH3 is 1. The molecule has 0 aromatic heterocycles. The molecule has 0 radical (unpaired) electrons. The van der Waals surface area contributed by atoms with Crippen LogP contribution >= 0.6 is 0 Å². The first-order valence-corrected chi connectivity index (χ1v) is 6.07. The lowest BCUT2D eigenvalue weighted by Crippen LogP contribution is -2.12. The Hall–Kier alpha value is -1.18. The van der Waals surface area contributed by atoms with E-state index in [9.17, 15) is 0 Å². The van der Waals surface area contributed by atoms with Gasteiger partial charge in [0.1, 0.15) is 0 Å². The van der Waals surface area contributed by atoms with Crippen LogP contribution in [0.1, 0.15) is 37.8 Å². The van der Waals surface area contributed by atoms with Crippen molar-refractivity contribution >= 4 is 0 Å². The average molecular weight is 220 g/mol. The van der Waals surface area contributed by atoms with Crippen molar-refractivity contribution in [2.24, 2.45) is 0 Å². The highest BCUT2D eigenvalue weighted by molar-refractivity contribution is 5.51. The molecule has 0 saturated heterocycles. The molecular weight excluding hydrogens is 200 g/mol. The van der Waals surface area contributed by atoms with Crippen LogP contribution in [0, 0.1) is 0 Å². The minimum absolute atomic E-state index is 0.197. The molecule has 1 aromatic carbocycles. The third kappa shape index (κ3) is 2.16. The molecule has 16 heavy (non-hydrogen) atoms. The van der Waals surface area contributed by atoms with Gasteiger partial charge < -0.3 is 9.47 Å². The van der Waals surface area contributed by atoms with E-state index >= 15 is 0 Å². The van der Waals surface area contributed by atoms with Crippen LogP contribution in [0.2, 0.25) is 0 Å². The van der Waals surface area contributed by atoms with Crippen molar-refractivity contribution in [3.8, 4) is 11.5 Å². The van der Waals surface area contributed by atoms with Crippen molar-refractivity contribution in [3.63, 3.8) is 0 Å². The third-order valence-electron chi connectivity index (χ3n) is 3.02. The van der Waals surface area contributed by atoms with Gasteiger partial charge in [-0.05, 0) is 51.2 Å². The van der Waals surface area contributed by atoms with Gasteiger partial charge in [0.2, 0.25) is 0 Å². The summed E-state index contributed by atoms with van der Waals surface area (Å²) in [4.78, 5) is 0. The fraction of sp³-hybridized carbons (Fsp3) is 0.571. The van der Waals surface area contributed by atoms with Crippen molar-refractivity contribution < 1.29 is 9.47 Å². The molecule has 1 aliphatic carbocycles. The Morgan fingerprint density at radius 3 is 2.56 bits per heavy atom. The molecule has 0 saturated carbocycles. The van der Waals surface area contributed by atoms with Crippen LogP contribution in [0.5, 0.6) is 11.5 Å². The summed E-state index contributed by atoms with van der Waals surface area (Å²) in [5, 5.41) is 0. The first-order valence-electron chi connectivity index (χ1n) is 6.07. The molecular formula is C14H20O2. The lowest BCUT2D eigenvalue weighted by molar-refractivity contribution is 0.226. The van der Waals surface area contributed by atoms with Crippen LogP contribution in [0.4, 0.5) is 0 Å². The molecule has 0 fully saturated rings. The van der Waals surface area contributed by atoms with Gasteiger partial charge in [-0.15, -0.1) is 0 Å². The second kappa shape index (κ2) is 4.77. The molecule has 1 aliphatic rings. The van der Waals surface area contributed by atoms with E-state index in [1.807, 2.05) is 6.07 Å². The van der Waals surface area contributed by atoms with Crippen LogP contribution in [0.15, 0.2) is 12.1 Å². The van der Waals surface area contributed by atoms with Crippen LogP contribution in [-0.4, -0.2) is 13.2 Å². The van der Waals surface area contributed by atoms with E-state index in [-0.39, 0.29) is 6.10 Å². The fourth-order valence-electron chi connectivity index (χ4n) is 2.30. The summed E-state index contributed by atoms with van der Waals surface area (Å²) in [5.41, 5.74) is 2.79. The summed E-state index contributed by atoms with van der Waals surface area (Å²) in [6.07, 6.45) is 5.04. The lowest BCUT2D eigenvalue weighted by atomic mass is 9.90. The zero-order chi connectivity index (χ0) is 11.5. The number of hydrogen-bond acceptors (Lipinski definition) is 2. The zero-order valence-electron chi connectivity index (χ0n) is 10.4. The van der Waals surface area contributed by atoms with Gasteiger partial charge in [0, 0.05) is 5.56 Å². The molecule has 0 N–H and O–H groups in total. The predicted octanol–water partition coefficient (Wildman–Crippen LogP) is 3.36. The third-order valence-corrected chi connectivity index (χ3v) is 3.02. The van der Waals surface area contributed by atoms with E-state index in [0.29, 0.717) is 0 Å². The molecule has 0 heterocycles. The summed E-state index contributed by atoms with van der Waals surface area (Å²) in [6.45, 7) is 4.11. The Balaban J connectivity index is 2.43. The van der Waals surface area contributed by atoms with E-state index < -0.39 is 0 Å². The van der Waals surface area contributed by atoms with E-state index in [4.69, 9.17) is 9.47 Å². The van der Waals surface area contributed by atoms with E-state index in [1.165, 1.54) is 30.4 Å². The smallest absolute Gasteiger partial charge is 0.164 e. The highest BCUT2D eigenvalue weighted by Crippen LogP contribution is 2.38. The molecule has 0 bridgehead atoms. The molecule has 88 valence electrons. The standard InChI is InChI=1S/C14H20O2/c1-10(2)16-14-12-7-5-4-6-11(12)8-9-13(14)15-3/h8-10H,4-7H2,1-3H3. The summed E-state index contributed by atoms with van der Waals surface area (Å²) < 4.78 is 11.3. The van der Waals surface area contributed by atoms with Crippen molar-refractivity contribution in [1.29, 1.82) is 0 Å². The SMILES string of the molecule is COc1ccc2c(c1OC(C)C)CCCC2. The number of fused-ring (bicyclic) bond motifs is 1. The molecule has 0 spiro atoms. The monoisotopic (exact) mass is 220 g/mol. The summed E-state index contributed by atoms with van der Waals surface area (Å²) in [5.74, 6) is 1.84. The highest BCUT2D eigenvalue weighted by atomic mass is 16.5. The van der Waals surface area contributed by atoms with Gasteiger partial charge >= 0.3 is 0 Å². The summed E-state index contributed by atoms with van der Waals surface area (Å²) >= 11 is 0. The Bertz CT molecular complexity index is 369. The predicted molar refractivity (Wildman–Crippen MR) is 65.4 cm³/mol. The maximum atomic E-state index is 5.91. The van der Waals surface area contributed by atoms with Gasteiger partial charge in [-0.25, -0.2) is 0 Å². The van der Waals surface area contributed by atoms with E-state index in [0.717, 1.165) is 17.9 Å². The van der Waals surface area contributed by atoms with Gasteiger partial charge in [0.05, 0.1) is 13.2 Å². The normalized spacial score (nSPS) is 14.8. The van der Waals surface area contributed by atoms with Crippen molar-refractivity contribution in [3.05, 3.63) is 23.3 Å². The number of benzene rings is 1. The van der Waals surface area contributed by atoms with Crippen molar-refractivity contribution in [2.75, 3.05) is 7.11 Å². The molecule has 1 aromatic rings. The number of rotatable bonds is 3. The Morgan fingerprint density at radius 1 is 1.12 bits per heavy atom. The second-order valence-corrected chi connectivity index (χ2v) is 4.61. The molecule has 0 unspecified atom stereocenters. The topological polar surface area (TPSA) is 18.5 Å². The van der Waals surface area contributed by atoms with Gasteiger partial charge in [-0.1, -0.05) is 6.07 Å². The van der Waals surface area contributed by atoms with Crippen molar-refractivity contribution in [2.45, 2.75) is 45.6 Å². The van der Waals surface area contributed by atoms with Crippen LogP contribution in [0.25, 0.3) is 0 Å². The lowest BCUT2D eigenvalue weighted by Gasteiger charge is -2.23. The quantitative estimate of drug-likeness (QED) is 0.777. The zero-order valence-corrected chi connectivity index (χ0v) is 10.4. The maximum absolute atomic E-state index is 5.91. The van der Waals surface area contributed by atoms with Crippen LogP contribution in [0.3, 0.4) is 0 Å². The van der Waals surface area contributed by atoms with E-state index in [1.54, 1.807) is 7.11 Å². The largest absolute Gasteiger partial charge is 0.493 e. The maximum Gasteiger partial charge on any atom is 0.164 e. The molecule has 2 nitrogen and oxygen atoms in total. The van der Waals surface area contributed by atoms with E-state index in [2.05, 4.69) is 19.9 Å².